The number of aromatic nitrogens is 3. The van der Waals surface area contributed by atoms with Crippen LogP contribution >= 0.6 is 11.3 Å². The Morgan fingerprint density at radius 2 is 2.00 bits per heavy atom. The van der Waals surface area contributed by atoms with Gasteiger partial charge in [-0.2, -0.15) is 0 Å². The van der Waals surface area contributed by atoms with Gasteiger partial charge in [-0.1, -0.05) is 0 Å². The zero-order valence-corrected chi connectivity index (χ0v) is 17.3. The summed E-state index contributed by atoms with van der Waals surface area (Å²) in [6.45, 7) is 6.42. The Labute approximate surface area is 171 Å². The summed E-state index contributed by atoms with van der Waals surface area (Å²) in [5, 5.41) is 0.616. The van der Waals surface area contributed by atoms with Crippen LogP contribution < -0.4 is 4.90 Å². The van der Waals surface area contributed by atoms with Crippen molar-refractivity contribution in [1.82, 2.24) is 19.9 Å². The predicted molar refractivity (Wildman–Crippen MR) is 106 cm³/mol. The monoisotopic (exact) mass is 419 g/mol. The van der Waals surface area contributed by atoms with Crippen molar-refractivity contribution in [1.29, 1.82) is 0 Å². The van der Waals surface area contributed by atoms with Crippen LogP contribution in [0.2, 0.25) is 0 Å². The molecule has 0 spiro atoms. The molecule has 8 nitrogen and oxygen atoms in total. The minimum Gasteiger partial charge on any atom is -0.443 e. The van der Waals surface area contributed by atoms with Crippen LogP contribution in [0.3, 0.4) is 0 Å². The molecule has 2 aromatic heterocycles. The highest BCUT2D eigenvalue weighted by Crippen LogP contribution is 2.32. The molecular weight excluding hydrogens is 397 g/mol. The summed E-state index contributed by atoms with van der Waals surface area (Å²) in [6, 6.07) is 0. The van der Waals surface area contributed by atoms with Crippen molar-refractivity contribution >= 4 is 29.3 Å². The molecule has 2 aliphatic rings. The molecule has 2 aromatic rings. The maximum absolute atomic E-state index is 13.4. The number of carbonyl (C=O) groups is 2. The molecule has 1 atom stereocenters. The van der Waals surface area contributed by atoms with Crippen molar-refractivity contribution in [2.24, 2.45) is 0 Å². The average molecular weight is 419 g/mol. The highest BCUT2D eigenvalue weighted by Gasteiger charge is 2.35. The van der Waals surface area contributed by atoms with E-state index in [9.17, 15) is 14.0 Å². The van der Waals surface area contributed by atoms with Crippen molar-refractivity contribution in [2.75, 3.05) is 24.5 Å². The third-order valence-corrected chi connectivity index (χ3v) is 5.76. The molecule has 1 fully saturated rings. The van der Waals surface area contributed by atoms with Crippen molar-refractivity contribution < 1.29 is 18.7 Å². The van der Waals surface area contributed by atoms with Gasteiger partial charge in [-0.05, 0) is 27.2 Å². The highest BCUT2D eigenvalue weighted by molar-refractivity contribution is 7.17. The molecule has 2 amide bonds. The Morgan fingerprint density at radius 1 is 1.28 bits per heavy atom. The fourth-order valence-electron chi connectivity index (χ4n) is 3.24. The van der Waals surface area contributed by atoms with E-state index in [0.717, 1.165) is 4.90 Å². The zero-order chi connectivity index (χ0) is 20.8. The van der Waals surface area contributed by atoms with E-state index in [-0.39, 0.29) is 6.54 Å². The van der Waals surface area contributed by atoms with Crippen LogP contribution in [-0.2, 0) is 11.2 Å². The first-order valence-electron chi connectivity index (χ1n) is 9.47. The SMILES string of the molecule is CC(C)(C)OC(=O)N1CCc2nc(-c3cnc(N4CC[C@H](F)C4)nc3)sc2C1=O. The van der Waals surface area contributed by atoms with Crippen LogP contribution in [0.25, 0.3) is 10.6 Å². The van der Waals surface area contributed by atoms with E-state index >= 15 is 0 Å². The standard InChI is InChI=1S/C19H22FN5O3S/c1-19(2,3)28-18(27)25-7-5-13-14(16(25)26)29-15(23-13)11-8-21-17(22-9-11)24-6-4-12(20)10-24/h8-9,12H,4-7,10H2,1-3H3/t12-/m0/s1. The van der Waals surface area contributed by atoms with Crippen molar-refractivity contribution in [3.63, 3.8) is 0 Å². The topological polar surface area (TPSA) is 88.5 Å². The van der Waals surface area contributed by atoms with Crippen molar-refractivity contribution in [3.8, 4) is 10.6 Å². The van der Waals surface area contributed by atoms with E-state index in [1.165, 1.54) is 11.3 Å². The fourth-order valence-corrected chi connectivity index (χ4v) is 4.27. The molecule has 29 heavy (non-hydrogen) atoms. The second-order valence-electron chi connectivity index (χ2n) is 8.09. The molecule has 1 saturated heterocycles. The Balaban J connectivity index is 1.52. The Morgan fingerprint density at radius 3 is 2.62 bits per heavy atom. The summed E-state index contributed by atoms with van der Waals surface area (Å²) in [5.74, 6) is 0.0928. The number of anilines is 1. The lowest BCUT2D eigenvalue weighted by molar-refractivity contribution is 0.0235. The average Bonchev–Trinajstić information content (AvgIpc) is 3.27. The molecule has 0 radical (unpaired) electrons. The first kappa shape index (κ1) is 19.7. The summed E-state index contributed by atoms with van der Waals surface area (Å²) in [6.07, 6.45) is 2.74. The molecule has 0 aliphatic carbocycles. The quantitative estimate of drug-likeness (QED) is 0.739. The molecule has 4 rings (SSSR count). The number of hydrogen-bond acceptors (Lipinski definition) is 8. The number of rotatable bonds is 2. The maximum Gasteiger partial charge on any atom is 0.417 e. The van der Waals surface area contributed by atoms with Gasteiger partial charge in [0.15, 0.2) is 0 Å². The van der Waals surface area contributed by atoms with E-state index in [2.05, 4.69) is 15.0 Å². The van der Waals surface area contributed by atoms with Gasteiger partial charge in [0.25, 0.3) is 5.91 Å². The summed E-state index contributed by atoms with van der Waals surface area (Å²) in [5.41, 5.74) is 0.673. The molecule has 0 aromatic carbocycles. The Kier molecular flexibility index (Phi) is 4.97. The predicted octanol–water partition coefficient (Wildman–Crippen LogP) is 3.08. The number of hydrogen-bond donors (Lipinski definition) is 0. The third kappa shape index (κ3) is 4.07. The van der Waals surface area contributed by atoms with Crippen LogP contribution in [0.4, 0.5) is 15.1 Å². The number of fused-ring (bicyclic) bond motifs is 1. The number of alkyl halides is 1. The maximum atomic E-state index is 13.4. The van der Waals surface area contributed by atoms with Gasteiger partial charge in [0.2, 0.25) is 5.95 Å². The number of halogens is 1. The normalized spacial score (nSPS) is 19.4. The van der Waals surface area contributed by atoms with Gasteiger partial charge in [0, 0.05) is 37.5 Å². The number of nitrogens with zero attached hydrogens (tertiary/aromatic N) is 5. The van der Waals surface area contributed by atoms with Crippen molar-refractivity contribution in [2.45, 2.75) is 45.4 Å². The number of imide groups is 1. The van der Waals surface area contributed by atoms with Gasteiger partial charge < -0.3 is 9.64 Å². The number of ether oxygens (including phenoxy) is 1. The van der Waals surface area contributed by atoms with Crippen LogP contribution in [-0.4, -0.2) is 63.3 Å². The second-order valence-corrected chi connectivity index (χ2v) is 9.08. The van der Waals surface area contributed by atoms with Crippen molar-refractivity contribution in [3.05, 3.63) is 23.0 Å². The van der Waals surface area contributed by atoms with E-state index < -0.39 is 23.8 Å². The van der Waals surface area contributed by atoms with E-state index in [1.807, 2.05) is 4.90 Å². The summed E-state index contributed by atoms with van der Waals surface area (Å²) >= 11 is 1.21. The molecule has 4 heterocycles. The lowest BCUT2D eigenvalue weighted by Crippen LogP contribution is -2.44. The molecular formula is C19H22FN5O3S. The lowest BCUT2D eigenvalue weighted by atomic mass is 10.1. The lowest BCUT2D eigenvalue weighted by Gasteiger charge is -2.27. The zero-order valence-electron chi connectivity index (χ0n) is 16.5. The molecule has 0 N–H and O–H groups in total. The van der Waals surface area contributed by atoms with Gasteiger partial charge >= 0.3 is 6.09 Å². The fraction of sp³-hybridized carbons (Fsp3) is 0.526. The van der Waals surface area contributed by atoms with Gasteiger partial charge in [0.05, 0.1) is 12.2 Å². The molecule has 0 saturated carbocycles. The largest absolute Gasteiger partial charge is 0.443 e. The molecule has 2 aliphatic heterocycles. The third-order valence-electron chi connectivity index (χ3n) is 4.62. The summed E-state index contributed by atoms with van der Waals surface area (Å²) in [4.78, 5) is 41.6. The minimum atomic E-state index is -0.845. The highest BCUT2D eigenvalue weighted by atomic mass is 32.1. The smallest absolute Gasteiger partial charge is 0.417 e. The van der Waals surface area contributed by atoms with Gasteiger partial charge in [-0.3, -0.25) is 4.79 Å². The first-order valence-corrected chi connectivity index (χ1v) is 10.3. The molecule has 10 heteroatoms. The Hall–Kier alpha value is -2.62. The second kappa shape index (κ2) is 7.33. The van der Waals surface area contributed by atoms with Crippen LogP contribution in [0.15, 0.2) is 12.4 Å². The van der Waals surface area contributed by atoms with Crippen LogP contribution in [0.5, 0.6) is 0 Å². The summed E-state index contributed by atoms with van der Waals surface area (Å²) in [7, 11) is 0. The summed E-state index contributed by atoms with van der Waals surface area (Å²) < 4.78 is 18.7. The van der Waals surface area contributed by atoms with Gasteiger partial charge in [-0.25, -0.2) is 29.0 Å². The van der Waals surface area contributed by atoms with Gasteiger partial charge in [0.1, 0.15) is 21.7 Å². The number of carbonyl (C=O) groups excluding carboxylic acids is 2. The number of amides is 2. The Bertz CT molecular complexity index is 940. The molecule has 0 unspecified atom stereocenters. The molecule has 0 bridgehead atoms. The number of thiazole rings is 1. The molecule has 154 valence electrons. The van der Waals surface area contributed by atoms with Crippen LogP contribution in [0, 0.1) is 0 Å². The van der Waals surface area contributed by atoms with Gasteiger partial charge in [-0.15, -0.1) is 11.3 Å². The van der Waals surface area contributed by atoms with E-state index in [1.54, 1.807) is 33.2 Å². The minimum absolute atomic E-state index is 0.235. The van der Waals surface area contributed by atoms with Crippen LogP contribution in [0.1, 0.15) is 42.6 Å². The van der Waals surface area contributed by atoms with E-state index in [4.69, 9.17) is 4.74 Å². The van der Waals surface area contributed by atoms with E-state index in [0.29, 0.717) is 53.0 Å². The first-order chi connectivity index (χ1) is 13.7.